The predicted molar refractivity (Wildman–Crippen MR) is 52.7 cm³/mol. The van der Waals surface area contributed by atoms with Crippen molar-refractivity contribution in [3.8, 4) is 0 Å². The molecule has 6 heteroatoms. The van der Waals surface area contributed by atoms with Gasteiger partial charge in [-0.15, -0.1) is 0 Å². The van der Waals surface area contributed by atoms with Gasteiger partial charge in [0.2, 0.25) is 0 Å². The molecule has 0 saturated carbocycles. The maximum atomic E-state index is 10.7. The fourth-order valence-electron chi connectivity index (χ4n) is 1.40. The lowest BCUT2D eigenvalue weighted by Gasteiger charge is -2.09. The Bertz CT molecular complexity index is 546. The summed E-state index contributed by atoms with van der Waals surface area (Å²) in [6.07, 6.45) is 0. The second kappa shape index (κ2) is 3.23. The van der Waals surface area contributed by atoms with Gasteiger partial charge in [0.15, 0.2) is 0 Å². The first-order chi connectivity index (χ1) is 7.11. The van der Waals surface area contributed by atoms with E-state index in [4.69, 9.17) is 0 Å². The molecule has 6 nitrogen and oxygen atoms in total. The molecular weight excluding hydrogens is 198 g/mol. The van der Waals surface area contributed by atoms with Crippen molar-refractivity contribution in [1.82, 2.24) is 0 Å². The van der Waals surface area contributed by atoms with Crippen LogP contribution in [0.25, 0.3) is 11.1 Å². The Morgan fingerprint density at radius 3 is 2.87 bits per heavy atom. The topological polar surface area (TPSA) is 78.8 Å². The van der Waals surface area contributed by atoms with Gasteiger partial charge in [-0.25, -0.2) is 0 Å². The lowest BCUT2D eigenvalue weighted by Crippen LogP contribution is -2.25. The van der Waals surface area contributed by atoms with Crippen molar-refractivity contribution in [1.29, 1.82) is 0 Å². The highest BCUT2D eigenvalue weighted by Crippen LogP contribution is 2.28. The zero-order chi connectivity index (χ0) is 11.0. The monoisotopic (exact) mass is 206 g/mol. The molecule has 0 atom stereocenters. The molecule has 1 heterocycles. The van der Waals surface area contributed by atoms with Gasteiger partial charge in [-0.1, -0.05) is 10.7 Å². The van der Waals surface area contributed by atoms with Gasteiger partial charge in [-0.3, -0.25) is 10.1 Å². The summed E-state index contributed by atoms with van der Waals surface area (Å²) in [6, 6.07) is 3.06. The number of nitro benzene ring substituents is 1. The van der Waals surface area contributed by atoms with Gasteiger partial charge in [0, 0.05) is 17.0 Å². The van der Waals surface area contributed by atoms with Crippen LogP contribution >= 0.6 is 0 Å². The van der Waals surface area contributed by atoms with Crippen LogP contribution in [-0.4, -0.2) is 4.92 Å². The summed E-state index contributed by atoms with van der Waals surface area (Å²) in [6.45, 7) is 3.80. The van der Waals surface area contributed by atoms with E-state index in [1.165, 1.54) is 6.07 Å². The fraction of sp³-hybridized carbons (Fsp3) is 0.222. The second-order valence-electron chi connectivity index (χ2n) is 3.35. The minimum atomic E-state index is -0.499. The molecule has 1 aliphatic rings. The molecule has 0 aliphatic carbocycles. The zero-order valence-electron chi connectivity index (χ0n) is 8.22. The highest BCUT2D eigenvalue weighted by Gasteiger charge is 2.13. The summed E-state index contributed by atoms with van der Waals surface area (Å²) in [5, 5.41) is 15.6. The molecule has 1 aromatic carbocycles. The summed E-state index contributed by atoms with van der Waals surface area (Å²) >= 11 is 0. The van der Waals surface area contributed by atoms with Gasteiger partial charge in [0.25, 0.3) is 5.69 Å². The van der Waals surface area contributed by atoms with Crippen LogP contribution in [0.5, 0.6) is 0 Å². The van der Waals surface area contributed by atoms with Crippen LogP contribution in [-0.2, 0) is 4.94 Å². The number of benzene rings is 1. The van der Waals surface area contributed by atoms with E-state index in [9.17, 15) is 10.1 Å². The van der Waals surface area contributed by atoms with Gasteiger partial charge in [0.1, 0.15) is 5.36 Å². The normalized spacial score (nSPS) is 12.1. The van der Waals surface area contributed by atoms with Crippen molar-refractivity contribution in [3.05, 3.63) is 38.3 Å². The Hall–Kier alpha value is -2.11. The molecule has 1 aromatic rings. The van der Waals surface area contributed by atoms with E-state index in [0.717, 1.165) is 10.8 Å². The molecular formula is C9H8N3O3-. The van der Waals surface area contributed by atoms with Crippen molar-refractivity contribution < 1.29 is 9.86 Å². The number of nitro groups is 1. The Balaban J connectivity index is 2.86. The van der Waals surface area contributed by atoms with E-state index in [2.05, 4.69) is 15.6 Å². The van der Waals surface area contributed by atoms with Crippen LogP contribution in [0.2, 0.25) is 0 Å². The summed E-state index contributed by atoms with van der Waals surface area (Å²) in [5.41, 5.74) is 4.65. The third-order valence-corrected chi connectivity index (χ3v) is 2.13. The number of hydrogen-bond acceptors (Lipinski definition) is 4. The van der Waals surface area contributed by atoms with Crippen LogP contribution in [0, 0.1) is 10.1 Å². The van der Waals surface area contributed by atoms with E-state index in [1.807, 2.05) is 13.8 Å². The molecule has 0 aromatic heterocycles. The van der Waals surface area contributed by atoms with Gasteiger partial charge in [-0.05, 0) is 19.9 Å². The molecule has 0 saturated heterocycles. The largest absolute Gasteiger partial charge is 0.472 e. The second-order valence-corrected chi connectivity index (χ2v) is 3.35. The number of rotatable bonds is 1. The van der Waals surface area contributed by atoms with Gasteiger partial charge in [0.05, 0.1) is 4.92 Å². The molecule has 0 unspecified atom stereocenters. The average Bonchev–Trinajstić information content (AvgIpc) is 2.63. The first-order valence-electron chi connectivity index (χ1n) is 4.31. The van der Waals surface area contributed by atoms with Crippen LogP contribution in [0.4, 0.5) is 11.4 Å². The van der Waals surface area contributed by atoms with E-state index >= 15 is 0 Å². The number of nitrogens with zero attached hydrogens (tertiary/aromatic N) is 3. The van der Waals surface area contributed by atoms with Gasteiger partial charge in [-0.2, -0.15) is 0 Å². The molecule has 78 valence electrons. The Morgan fingerprint density at radius 1 is 1.53 bits per heavy atom. The molecule has 0 amide bonds. The van der Waals surface area contributed by atoms with Crippen LogP contribution in [0.1, 0.15) is 13.8 Å². The summed E-state index contributed by atoms with van der Waals surface area (Å²) in [4.78, 5) is 14.7. The zero-order valence-corrected chi connectivity index (χ0v) is 8.22. The van der Waals surface area contributed by atoms with Crippen LogP contribution < -0.4 is 10.6 Å². The van der Waals surface area contributed by atoms with Crippen molar-refractivity contribution in [3.63, 3.8) is 0 Å². The predicted octanol–water partition coefficient (Wildman–Crippen LogP) is 1.27. The first kappa shape index (κ1) is 9.45. The minimum Gasteiger partial charge on any atom is -0.472 e. The SMILES string of the molecule is CC(C)=c1ccc([N+](=O)[O-])c2c1=NO[N-]2. The van der Waals surface area contributed by atoms with Crippen LogP contribution in [0.3, 0.4) is 0 Å². The average molecular weight is 206 g/mol. The summed E-state index contributed by atoms with van der Waals surface area (Å²) < 4.78 is 0. The van der Waals surface area contributed by atoms with E-state index < -0.39 is 4.92 Å². The minimum absolute atomic E-state index is 0.0868. The first-order valence-corrected chi connectivity index (χ1v) is 4.31. The van der Waals surface area contributed by atoms with Crippen molar-refractivity contribution in [2.75, 3.05) is 0 Å². The lowest BCUT2D eigenvalue weighted by molar-refractivity contribution is -0.384. The number of fused-ring (bicyclic) bond motifs is 1. The maximum absolute atomic E-state index is 10.7. The molecule has 15 heavy (non-hydrogen) atoms. The Morgan fingerprint density at radius 2 is 2.27 bits per heavy atom. The lowest BCUT2D eigenvalue weighted by atomic mass is 10.1. The third kappa shape index (κ3) is 1.39. The summed E-state index contributed by atoms with van der Waals surface area (Å²) in [5.74, 6) is 0. The molecule has 2 rings (SSSR count). The third-order valence-electron chi connectivity index (χ3n) is 2.13. The highest BCUT2D eigenvalue weighted by molar-refractivity contribution is 5.65. The molecule has 0 spiro atoms. The van der Waals surface area contributed by atoms with E-state index in [0.29, 0.717) is 5.36 Å². The van der Waals surface area contributed by atoms with Crippen molar-refractivity contribution >= 4 is 16.9 Å². The van der Waals surface area contributed by atoms with Crippen molar-refractivity contribution in [2.24, 2.45) is 5.16 Å². The maximum Gasteiger partial charge on any atom is 0.259 e. The van der Waals surface area contributed by atoms with Gasteiger partial charge >= 0.3 is 0 Å². The number of hydrogen-bond donors (Lipinski definition) is 0. The molecule has 1 aliphatic heterocycles. The highest BCUT2D eigenvalue weighted by atomic mass is 16.8. The van der Waals surface area contributed by atoms with Gasteiger partial charge < -0.3 is 10.4 Å². The van der Waals surface area contributed by atoms with Crippen molar-refractivity contribution in [2.45, 2.75) is 13.8 Å². The Labute approximate surface area is 85.0 Å². The smallest absolute Gasteiger partial charge is 0.259 e. The molecule has 0 fully saturated rings. The summed E-state index contributed by atoms with van der Waals surface area (Å²) in [7, 11) is 0. The van der Waals surface area contributed by atoms with E-state index in [1.54, 1.807) is 6.07 Å². The standard InChI is InChI=1S/C9H8N3O3/c1-5(2)6-3-4-7(12(13)14)9-8(6)10-15-11-9/h3-4H,1-2H3/q-1. The fourth-order valence-corrected chi connectivity index (χ4v) is 1.40. The molecule has 0 radical (unpaired) electrons. The Kier molecular flexibility index (Phi) is 2.03. The quantitative estimate of drug-likeness (QED) is 0.512. The van der Waals surface area contributed by atoms with Crippen LogP contribution in [0.15, 0.2) is 17.3 Å². The molecule has 0 bridgehead atoms. The van der Waals surface area contributed by atoms with E-state index in [-0.39, 0.29) is 11.4 Å². The molecule has 0 N–H and O–H groups in total.